The first kappa shape index (κ1) is 32.4. The zero-order valence-corrected chi connectivity index (χ0v) is 24.5. The SMILES string of the molecule is O=C(N[C@H](C(=O)N1C[C@H](Cl)[C@H]2OCC(=O)[C@H]21)C1CCCCC1)c1ccc2ncsc2c1.S.S.S.S. The van der Waals surface area contributed by atoms with Crippen LogP contribution >= 0.6 is 76.9 Å². The van der Waals surface area contributed by atoms with Crippen LogP contribution in [0.2, 0.25) is 0 Å². The molecule has 2 amide bonds. The lowest BCUT2D eigenvalue weighted by Crippen LogP contribution is -2.55. The molecule has 35 heavy (non-hydrogen) atoms. The van der Waals surface area contributed by atoms with Gasteiger partial charge in [0.05, 0.1) is 21.1 Å². The lowest BCUT2D eigenvalue weighted by atomic mass is 9.83. The molecule has 1 saturated carbocycles. The average molecular weight is 598 g/mol. The molecule has 1 N–H and O–H groups in total. The van der Waals surface area contributed by atoms with Crippen molar-refractivity contribution >= 4 is 105 Å². The molecule has 4 atom stereocenters. The zero-order chi connectivity index (χ0) is 21.5. The topological polar surface area (TPSA) is 88.6 Å². The zero-order valence-electron chi connectivity index (χ0n) is 19.0. The number of carbonyl (C=O) groups excluding carboxylic acids is 3. The van der Waals surface area contributed by atoms with Crippen molar-refractivity contribution in [3.05, 3.63) is 29.3 Å². The Morgan fingerprint density at radius 1 is 1.14 bits per heavy atom. The summed E-state index contributed by atoms with van der Waals surface area (Å²) in [4.78, 5) is 45.0. The summed E-state index contributed by atoms with van der Waals surface area (Å²) < 4.78 is 6.45. The van der Waals surface area contributed by atoms with Crippen molar-refractivity contribution in [2.75, 3.05) is 13.2 Å². The third-order valence-electron chi connectivity index (χ3n) is 6.67. The van der Waals surface area contributed by atoms with Crippen LogP contribution in [0.4, 0.5) is 0 Å². The van der Waals surface area contributed by atoms with Crippen molar-refractivity contribution in [1.82, 2.24) is 15.2 Å². The first-order valence-corrected chi connectivity index (χ1v) is 12.1. The number of rotatable bonds is 4. The molecule has 2 saturated heterocycles. The van der Waals surface area contributed by atoms with E-state index in [0.717, 1.165) is 42.3 Å². The van der Waals surface area contributed by atoms with Crippen LogP contribution < -0.4 is 5.32 Å². The number of Topliss-reactive ketones (excluding diaryl/α,β-unsaturated/α-hetero) is 1. The maximum atomic E-state index is 13.7. The minimum Gasteiger partial charge on any atom is -0.366 e. The predicted octanol–water partition coefficient (Wildman–Crippen LogP) is 3.21. The van der Waals surface area contributed by atoms with Crippen LogP contribution in [0.1, 0.15) is 42.5 Å². The molecule has 0 radical (unpaired) electrons. The number of nitrogens with zero attached hydrogens (tertiary/aromatic N) is 2. The molecule has 3 heterocycles. The molecule has 3 aliphatic rings. The van der Waals surface area contributed by atoms with Crippen LogP contribution in [-0.4, -0.2) is 64.2 Å². The Bertz CT molecular complexity index is 1040. The number of hydrogen-bond acceptors (Lipinski definition) is 6. The highest BCUT2D eigenvalue weighted by atomic mass is 35.5. The van der Waals surface area contributed by atoms with E-state index in [9.17, 15) is 14.4 Å². The van der Waals surface area contributed by atoms with Gasteiger partial charge in [-0.05, 0) is 37.0 Å². The summed E-state index contributed by atoms with van der Waals surface area (Å²) in [7, 11) is 0. The number of nitrogens with one attached hydrogen (secondary N) is 1. The fraction of sp³-hybridized carbons (Fsp3) is 0.545. The van der Waals surface area contributed by atoms with E-state index >= 15 is 0 Å². The van der Waals surface area contributed by atoms with Gasteiger partial charge in [0.25, 0.3) is 5.91 Å². The maximum Gasteiger partial charge on any atom is 0.251 e. The number of carbonyl (C=O) groups is 3. The summed E-state index contributed by atoms with van der Waals surface area (Å²) >= 11 is 7.86. The van der Waals surface area contributed by atoms with Crippen molar-refractivity contribution in [1.29, 1.82) is 0 Å². The molecule has 2 aromatic rings. The Morgan fingerprint density at radius 3 is 2.57 bits per heavy atom. The largest absolute Gasteiger partial charge is 0.366 e. The van der Waals surface area contributed by atoms with Crippen LogP contribution in [-0.2, 0) is 14.3 Å². The summed E-state index contributed by atoms with van der Waals surface area (Å²) in [6.07, 6.45) is 4.49. The Kier molecular flexibility index (Phi) is 12.8. The fourth-order valence-corrected chi connectivity index (χ4v) is 6.15. The Labute approximate surface area is 241 Å². The van der Waals surface area contributed by atoms with E-state index in [0.29, 0.717) is 5.56 Å². The maximum absolute atomic E-state index is 13.7. The van der Waals surface area contributed by atoms with E-state index < -0.39 is 23.6 Å². The van der Waals surface area contributed by atoms with Gasteiger partial charge >= 0.3 is 0 Å². The van der Waals surface area contributed by atoms with Gasteiger partial charge in [-0.2, -0.15) is 54.0 Å². The van der Waals surface area contributed by atoms with Gasteiger partial charge in [-0.3, -0.25) is 14.4 Å². The summed E-state index contributed by atoms with van der Waals surface area (Å²) in [5, 5.41) is 2.59. The van der Waals surface area contributed by atoms with Crippen molar-refractivity contribution < 1.29 is 19.1 Å². The number of ketones is 1. The number of benzene rings is 1. The molecule has 196 valence electrons. The van der Waals surface area contributed by atoms with Gasteiger partial charge in [0.1, 0.15) is 24.8 Å². The summed E-state index contributed by atoms with van der Waals surface area (Å²) in [6, 6.07) is 4.03. The van der Waals surface area contributed by atoms with Crippen LogP contribution in [0.15, 0.2) is 23.7 Å². The first-order chi connectivity index (χ1) is 15.0. The van der Waals surface area contributed by atoms with Gasteiger partial charge in [0, 0.05) is 12.1 Å². The van der Waals surface area contributed by atoms with Gasteiger partial charge in [0.15, 0.2) is 5.78 Å². The minimum atomic E-state index is -0.680. The minimum absolute atomic E-state index is 0. The third kappa shape index (κ3) is 6.45. The summed E-state index contributed by atoms with van der Waals surface area (Å²) in [6.45, 7) is 0.241. The number of aromatic nitrogens is 1. The predicted molar refractivity (Wildman–Crippen MR) is 159 cm³/mol. The van der Waals surface area contributed by atoms with Gasteiger partial charge in [-0.15, -0.1) is 22.9 Å². The van der Waals surface area contributed by atoms with Crippen molar-refractivity contribution in [2.24, 2.45) is 5.92 Å². The molecular formula is C22H32ClN3O4S5. The number of alkyl halides is 1. The molecule has 2 aliphatic heterocycles. The Hall–Kier alpha value is -0.630. The molecule has 0 unspecified atom stereocenters. The fourth-order valence-electron chi connectivity index (χ4n) is 5.07. The van der Waals surface area contributed by atoms with Crippen LogP contribution in [0.25, 0.3) is 10.2 Å². The number of hydrogen-bond donors (Lipinski definition) is 1. The van der Waals surface area contributed by atoms with E-state index in [-0.39, 0.29) is 90.6 Å². The second-order valence-corrected chi connectivity index (χ2v) is 10.0. The smallest absolute Gasteiger partial charge is 0.251 e. The van der Waals surface area contributed by atoms with Crippen molar-refractivity contribution in [3.63, 3.8) is 0 Å². The number of likely N-dealkylation sites (tertiary alicyclic amines) is 1. The molecule has 13 heteroatoms. The summed E-state index contributed by atoms with van der Waals surface area (Å²) in [5.74, 6) is -0.587. The first-order valence-electron chi connectivity index (χ1n) is 10.8. The quantitative estimate of drug-likeness (QED) is 0.547. The number of fused-ring (bicyclic) bond motifs is 2. The van der Waals surface area contributed by atoms with Crippen LogP contribution in [0, 0.1) is 5.92 Å². The van der Waals surface area contributed by atoms with E-state index in [2.05, 4.69) is 10.3 Å². The third-order valence-corrected chi connectivity index (χ3v) is 7.85. The normalized spacial score (nSPS) is 24.3. The molecule has 1 aromatic carbocycles. The van der Waals surface area contributed by atoms with E-state index in [4.69, 9.17) is 16.3 Å². The second kappa shape index (κ2) is 13.8. The van der Waals surface area contributed by atoms with Crippen LogP contribution in [0.3, 0.4) is 0 Å². The number of thiazole rings is 1. The van der Waals surface area contributed by atoms with Gasteiger partial charge in [0.2, 0.25) is 5.91 Å². The number of halogens is 1. The van der Waals surface area contributed by atoms with Crippen molar-refractivity contribution in [2.45, 2.75) is 55.7 Å². The van der Waals surface area contributed by atoms with Gasteiger partial charge < -0.3 is 15.0 Å². The standard InChI is InChI=1S/C22H24ClN3O4S.4H2S/c23-14-9-26(19-16(27)10-30-20(14)19)22(29)18(12-4-2-1-3-5-12)25-21(28)13-6-7-15-17(8-13)31-11-24-15;;;;/h6-8,11-12,14,18-20H,1-5,9-10H2,(H,25,28);4*1H2/t14-,18-,19+,20+;;;;/m0..../s1. The highest BCUT2D eigenvalue weighted by Gasteiger charge is 2.53. The summed E-state index contributed by atoms with van der Waals surface area (Å²) in [5.41, 5.74) is 3.09. The average Bonchev–Trinajstić information content (AvgIpc) is 3.49. The van der Waals surface area contributed by atoms with Gasteiger partial charge in [-0.25, -0.2) is 4.98 Å². The monoisotopic (exact) mass is 597 g/mol. The highest BCUT2D eigenvalue weighted by molar-refractivity contribution is 7.59. The van der Waals surface area contributed by atoms with E-state index in [1.807, 2.05) is 6.07 Å². The number of amides is 2. The van der Waals surface area contributed by atoms with Crippen LogP contribution in [0.5, 0.6) is 0 Å². The lowest BCUT2D eigenvalue weighted by molar-refractivity contribution is -0.139. The molecule has 3 fully saturated rings. The Morgan fingerprint density at radius 2 is 1.86 bits per heavy atom. The molecule has 1 aromatic heterocycles. The molecule has 0 bridgehead atoms. The highest BCUT2D eigenvalue weighted by Crippen LogP contribution is 2.34. The van der Waals surface area contributed by atoms with Crippen molar-refractivity contribution in [3.8, 4) is 0 Å². The Balaban J connectivity index is 0.00000153. The lowest BCUT2D eigenvalue weighted by Gasteiger charge is -2.34. The molecular weight excluding hydrogens is 566 g/mol. The van der Waals surface area contributed by atoms with E-state index in [1.54, 1.807) is 22.5 Å². The molecule has 7 nitrogen and oxygen atoms in total. The molecule has 0 spiro atoms. The van der Waals surface area contributed by atoms with Gasteiger partial charge in [-0.1, -0.05) is 19.3 Å². The molecule has 1 aliphatic carbocycles. The molecule has 5 rings (SSSR count). The number of ether oxygens (including phenoxy) is 1. The second-order valence-electron chi connectivity index (χ2n) is 8.58. The van der Waals surface area contributed by atoms with E-state index in [1.165, 1.54) is 11.3 Å².